The standard InChI is InChI=1S/C5H12N4S/c6-5(7)8-9-1-3-10-4-2-9/h1-4H2,(H4,6,7,8). The van der Waals surface area contributed by atoms with Gasteiger partial charge in [0, 0.05) is 24.6 Å². The largest absolute Gasteiger partial charge is 0.369 e. The summed E-state index contributed by atoms with van der Waals surface area (Å²) < 4.78 is 0. The molecule has 0 aromatic carbocycles. The van der Waals surface area contributed by atoms with Gasteiger partial charge in [0.05, 0.1) is 0 Å². The van der Waals surface area contributed by atoms with E-state index < -0.39 is 0 Å². The number of nitrogens with one attached hydrogen (secondary N) is 2. The third kappa shape index (κ3) is 2.45. The topological polar surface area (TPSA) is 65.1 Å². The Balaban J connectivity index is 2.19. The van der Waals surface area contributed by atoms with Crippen LogP contribution in [-0.4, -0.2) is 35.6 Å². The molecule has 0 amide bonds. The van der Waals surface area contributed by atoms with E-state index in [9.17, 15) is 0 Å². The second-order valence-electron chi connectivity index (χ2n) is 2.12. The summed E-state index contributed by atoms with van der Waals surface area (Å²) in [5.41, 5.74) is 7.91. The first-order valence-electron chi connectivity index (χ1n) is 3.22. The van der Waals surface area contributed by atoms with E-state index in [4.69, 9.17) is 11.1 Å². The average Bonchev–Trinajstić information content (AvgIpc) is 1.88. The lowest BCUT2D eigenvalue weighted by Gasteiger charge is -2.26. The van der Waals surface area contributed by atoms with Gasteiger partial charge in [0.1, 0.15) is 0 Å². The van der Waals surface area contributed by atoms with Gasteiger partial charge in [-0.3, -0.25) is 10.8 Å². The van der Waals surface area contributed by atoms with Crippen molar-refractivity contribution in [2.75, 3.05) is 24.6 Å². The summed E-state index contributed by atoms with van der Waals surface area (Å²) in [5.74, 6) is 2.28. The molecule has 0 atom stereocenters. The molecule has 1 aliphatic heterocycles. The van der Waals surface area contributed by atoms with E-state index in [0.29, 0.717) is 0 Å². The molecular formula is C5H12N4S. The van der Waals surface area contributed by atoms with Crippen LogP contribution in [0.15, 0.2) is 0 Å². The monoisotopic (exact) mass is 160 g/mol. The summed E-state index contributed by atoms with van der Waals surface area (Å²) in [6, 6.07) is 0. The first-order valence-corrected chi connectivity index (χ1v) is 4.38. The number of rotatable bonds is 1. The minimum Gasteiger partial charge on any atom is -0.369 e. The van der Waals surface area contributed by atoms with Crippen molar-refractivity contribution in [3.63, 3.8) is 0 Å². The molecule has 0 saturated carbocycles. The summed E-state index contributed by atoms with van der Waals surface area (Å²) >= 11 is 1.93. The fourth-order valence-electron chi connectivity index (χ4n) is 0.845. The van der Waals surface area contributed by atoms with Crippen LogP contribution in [0.5, 0.6) is 0 Å². The molecule has 1 rings (SSSR count). The third-order valence-corrected chi connectivity index (χ3v) is 2.23. The minimum absolute atomic E-state index is 0.0342. The van der Waals surface area contributed by atoms with Gasteiger partial charge >= 0.3 is 0 Å². The fourth-order valence-corrected chi connectivity index (χ4v) is 1.75. The molecule has 5 heteroatoms. The summed E-state index contributed by atoms with van der Waals surface area (Å²) in [7, 11) is 0. The Morgan fingerprint density at radius 1 is 1.50 bits per heavy atom. The Kier molecular flexibility index (Phi) is 2.82. The highest BCUT2D eigenvalue weighted by atomic mass is 32.2. The van der Waals surface area contributed by atoms with Crippen molar-refractivity contribution < 1.29 is 0 Å². The molecule has 0 unspecified atom stereocenters. The van der Waals surface area contributed by atoms with Gasteiger partial charge in [-0.05, 0) is 0 Å². The van der Waals surface area contributed by atoms with Crippen molar-refractivity contribution in [1.29, 1.82) is 5.41 Å². The molecule has 4 nitrogen and oxygen atoms in total. The zero-order valence-corrected chi connectivity index (χ0v) is 6.58. The molecule has 1 saturated heterocycles. The van der Waals surface area contributed by atoms with E-state index in [-0.39, 0.29) is 5.96 Å². The molecule has 0 aliphatic carbocycles. The zero-order valence-electron chi connectivity index (χ0n) is 5.76. The van der Waals surface area contributed by atoms with Crippen molar-refractivity contribution in [1.82, 2.24) is 10.4 Å². The number of hydrogen-bond acceptors (Lipinski definition) is 3. The second-order valence-corrected chi connectivity index (χ2v) is 3.35. The average molecular weight is 160 g/mol. The van der Waals surface area contributed by atoms with Gasteiger partial charge in [0.2, 0.25) is 5.96 Å². The van der Waals surface area contributed by atoms with Crippen LogP contribution in [0.25, 0.3) is 0 Å². The SMILES string of the molecule is N=C(N)NN1CCSCC1. The van der Waals surface area contributed by atoms with Crippen molar-refractivity contribution in [3.8, 4) is 0 Å². The minimum atomic E-state index is 0.0342. The Hall–Kier alpha value is -0.420. The van der Waals surface area contributed by atoms with Gasteiger partial charge in [0.15, 0.2) is 0 Å². The second kappa shape index (κ2) is 3.68. The summed E-state index contributed by atoms with van der Waals surface area (Å²) in [6.45, 7) is 1.95. The van der Waals surface area contributed by atoms with E-state index in [2.05, 4.69) is 5.43 Å². The normalized spacial score (nSPS) is 20.4. The van der Waals surface area contributed by atoms with Crippen LogP contribution in [0.2, 0.25) is 0 Å². The highest BCUT2D eigenvalue weighted by Gasteiger charge is 2.08. The molecule has 1 heterocycles. The number of nitrogens with zero attached hydrogens (tertiary/aromatic N) is 1. The number of nitrogens with two attached hydrogens (primary N) is 1. The molecule has 0 radical (unpaired) electrons. The maximum atomic E-state index is 6.95. The smallest absolute Gasteiger partial charge is 0.200 e. The van der Waals surface area contributed by atoms with Crippen LogP contribution in [-0.2, 0) is 0 Å². The molecule has 1 aliphatic rings. The van der Waals surface area contributed by atoms with Crippen LogP contribution in [0.3, 0.4) is 0 Å². The molecule has 1 fully saturated rings. The Bertz CT molecular complexity index is 121. The Morgan fingerprint density at radius 3 is 2.60 bits per heavy atom. The molecule has 58 valence electrons. The number of thioether (sulfide) groups is 1. The maximum Gasteiger partial charge on any atom is 0.200 e. The molecular weight excluding hydrogens is 148 g/mol. The fraction of sp³-hybridized carbons (Fsp3) is 0.800. The Labute approximate surface area is 64.6 Å². The van der Waals surface area contributed by atoms with Gasteiger partial charge < -0.3 is 5.73 Å². The van der Waals surface area contributed by atoms with Crippen molar-refractivity contribution >= 4 is 17.7 Å². The lowest BCUT2D eigenvalue weighted by Crippen LogP contribution is -2.49. The van der Waals surface area contributed by atoms with Gasteiger partial charge in [-0.25, -0.2) is 5.01 Å². The predicted octanol–water partition coefficient (Wildman–Crippen LogP) is -0.567. The third-order valence-electron chi connectivity index (χ3n) is 1.29. The molecule has 0 bridgehead atoms. The van der Waals surface area contributed by atoms with E-state index in [1.807, 2.05) is 16.8 Å². The number of guanidine groups is 1. The van der Waals surface area contributed by atoms with E-state index in [1.165, 1.54) is 0 Å². The van der Waals surface area contributed by atoms with Gasteiger partial charge in [-0.2, -0.15) is 11.8 Å². The van der Waals surface area contributed by atoms with E-state index in [1.54, 1.807) is 0 Å². The van der Waals surface area contributed by atoms with Gasteiger partial charge in [-0.15, -0.1) is 0 Å². The highest BCUT2D eigenvalue weighted by molar-refractivity contribution is 7.99. The summed E-state index contributed by atoms with van der Waals surface area (Å²) in [4.78, 5) is 0. The summed E-state index contributed by atoms with van der Waals surface area (Å²) in [6.07, 6.45) is 0. The predicted molar refractivity (Wildman–Crippen MR) is 43.9 cm³/mol. The zero-order chi connectivity index (χ0) is 7.40. The number of hydrogen-bond donors (Lipinski definition) is 3. The molecule has 4 N–H and O–H groups in total. The molecule has 10 heavy (non-hydrogen) atoms. The Morgan fingerprint density at radius 2 is 2.10 bits per heavy atom. The van der Waals surface area contributed by atoms with Crippen molar-refractivity contribution in [2.45, 2.75) is 0 Å². The van der Waals surface area contributed by atoms with Crippen LogP contribution >= 0.6 is 11.8 Å². The van der Waals surface area contributed by atoms with Crippen LogP contribution in [0, 0.1) is 5.41 Å². The van der Waals surface area contributed by atoms with E-state index in [0.717, 1.165) is 24.6 Å². The van der Waals surface area contributed by atoms with Gasteiger partial charge in [0.25, 0.3) is 0 Å². The van der Waals surface area contributed by atoms with Crippen molar-refractivity contribution in [2.24, 2.45) is 5.73 Å². The highest BCUT2D eigenvalue weighted by Crippen LogP contribution is 2.05. The number of hydrazine groups is 1. The van der Waals surface area contributed by atoms with Crippen LogP contribution in [0.4, 0.5) is 0 Å². The quantitative estimate of drug-likeness (QED) is 0.355. The van der Waals surface area contributed by atoms with Gasteiger partial charge in [-0.1, -0.05) is 0 Å². The van der Waals surface area contributed by atoms with Crippen LogP contribution in [0.1, 0.15) is 0 Å². The molecule has 0 aromatic rings. The first kappa shape index (κ1) is 7.68. The molecule has 0 spiro atoms. The van der Waals surface area contributed by atoms with E-state index >= 15 is 0 Å². The van der Waals surface area contributed by atoms with Crippen molar-refractivity contribution in [3.05, 3.63) is 0 Å². The lowest BCUT2D eigenvalue weighted by atomic mass is 10.6. The lowest BCUT2D eigenvalue weighted by molar-refractivity contribution is 0.259. The molecule has 0 aromatic heterocycles. The first-order chi connectivity index (χ1) is 4.79. The van der Waals surface area contributed by atoms with Crippen LogP contribution < -0.4 is 11.2 Å². The summed E-state index contributed by atoms with van der Waals surface area (Å²) in [5, 5.41) is 8.92. The maximum absolute atomic E-state index is 6.95.